The number of nitrogens with two attached hydrogens (primary N) is 1. The van der Waals surface area contributed by atoms with E-state index in [4.69, 9.17) is 10.5 Å². The highest BCUT2D eigenvalue weighted by Crippen LogP contribution is 2.55. The topological polar surface area (TPSA) is 120 Å². The number of carbonyl (C=O) groups excluding carboxylic acids is 2. The number of likely N-dealkylation sites (tertiary alicyclic amines) is 1. The monoisotopic (exact) mass is 737 g/mol. The molecular weight excluding hydrogens is 690 g/mol. The van der Waals surface area contributed by atoms with Crippen LogP contribution in [0.1, 0.15) is 67.9 Å². The van der Waals surface area contributed by atoms with Crippen LogP contribution >= 0.6 is 11.8 Å². The Morgan fingerprint density at radius 3 is 2.47 bits per heavy atom. The SMILES string of the molecule is C/C(N)=C/C=C(/C(=O)Nc1ccc(C[N+]2([O-])CCC3=C(SC(C)(NC(=O)c4ccccc4F)C3)c3ccccc32)cc1)C(C)N1CC2(CCOCC2)C1. The smallest absolute Gasteiger partial charge is 0.255 e. The van der Waals surface area contributed by atoms with Gasteiger partial charge in [0.2, 0.25) is 0 Å². The maximum absolute atomic E-state index is 14.8. The summed E-state index contributed by atoms with van der Waals surface area (Å²) in [5.41, 5.74) is 11.7. The van der Waals surface area contributed by atoms with E-state index in [0.29, 0.717) is 42.0 Å². The summed E-state index contributed by atoms with van der Waals surface area (Å²) in [7, 11) is 0. The minimum absolute atomic E-state index is 0.0122. The molecule has 3 aromatic rings. The third-order valence-electron chi connectivity index (χ3n) is 11.1. The fourth-order valence-electron chi connectivity index (χ4n) is 8.14. The van der Waals surface area contributed by atoms with E-state index in [1.165, 1.54) is 23.9 Å². The number of hydrogen-bond donors (Lipinski definition) is 3. The molecule has 4 heterocycles. The molecule has 0 saturated carbocycles. The van der Waals surface area contributed by atoms with Crippen molar-refractivity contribution in [3.8, 4) is 0 Å². The number of benzene rings is 3. The second-order valence-electron chi connectivity index (χ2n) is 15.3. The molecule has 7 rings (SSSR count). The molecule has 2 amide bonds. The fourth-order valence-corrected chi connectivity index (χ4v) is 9.58. The van der Waals surface area contributed by atoms with Crippen molar-refractivity contribution >= 4 is 39.9 Å². The van der Waals surface area contributed by atoms with Crippen molar-refractivity contribution in [2.45, 2.75) is 63.9 Å². The molecule has 1 spiro atoms. The number of halogens is 1. The summed E-state index contributed by atoms with van der Waals surface area (Å²) in [6.45, 7) is 9.88. The second kappa shape index (κ2) is 14.9. The van der Waals surface area contributed by atoms with Gasteiger partial charge in [0.15, 0.2) is 0 Å². The molecule has 0 aromatic heterocycles. The van der Waals surface area contributed by atoms with Crippen molar-refractivity contribution in [2.75, 3.05) is 38.2 Å². The normalized spacial score (nSPS) is 24.8. The first-order valence-electron chi connectivity index (χ1n) is 18.4. The Bertz CT molecular complexity index is 1980. The number of quaternary nitrogens is 1. The average molecular weight is 738 g/mol. The number of nitrogens with zero attached hydrogens (tertiary/aromatic N) is 2. The van der Waals surface area contributed by atoms with E-state index in [9.17, 15) is 19.2 Å². The van der Waals surface area contributed by atoms with Gasteiger partial charge in [-0.2, -0.15) is 0 Å². The first-order valence-corrected chi connectivity index (χ1v) is 19.2. The van der Waals surface area contributed by atoms with Gasteiger partial charge in [0, 0.05) is 89.7 Å². The van der Waals surface area contributed by atoms with Crippen LogP contribution < -0.4 is 21.0 Å². The molecule has 9 nitrogen and oxygen atoms in total. The number of rotatable bonds is 9. The summed E-state index contributed by atoms with van der Waals surface area (Å²) in [6.07, 6.45) is 6.83. The van der Waals surface area contributed by atoms with Crippen molar-refractivity contribution in [3.63, 3.8) is 0 Å². The lowest BCUT2D eigenvalue weighted by Crippen LogP contribution is -2.61. The molecule has 3 atom stereocenters. The third-order valence-corrected chi connectivity index (χ3v) is 12.5. The molecular formula is C42H48FN5O4S. The van der Waals surface area contributed by atoms with Crippen LogP contribution in [0.25, 0.3) is 4.91 Å². The van der Waals surface area contributed by atoms with Gasteiger partial charge in [0.1, 0.15) is 18.0 Å². The summed E-state index contributed by atoms with van der Waals surface area (Å²) < 4.78 is 19.4. The van der Waals surface area contributed by atoms with E-state index in [-0.39, 0.29) is 29.5 Å². The summed E-state index contributed by atoms with van der Waals surface area (Å²) in [5.74, 6) is -1.20. The summed E-state index contributed by atoms with van der Waals surface area (Å²) in [4.78, 5) is 29.4. The molecule has 4 aliphatic rings. The maximum atomic E-state index is 14.8. The molecule has 3 unspecified atom stereocenters. The number of hydrogen-bond acceptors (Lipinski definition) is 7. The average Bonchev–Trinajstić information content (AvgIpc) is 3.41. The van der Waals surface area contributed by atoms with Crippen LogP contribution in [0.4, 0.5) is 15.8 Å². The molecule has 2 fully saturated rings. The molecule has 4 aliphatic heterocycles. The largest absolute Gasteiger partial charge is 0.627 e. The quantitative estimate of drug-likeness (QED) is 0.0903. The van der Waals surface area contributed by atoms with Gasteiger partial charge in [-0.25, -0.2) is 4.39 Å². The van der Waals surface area contributed by atoms with Gasteiger partial charge in [0.05, 0.1) is 17.0 Å². The number of allylic oxidation sites excluding steroid dienone is 3. The van der Waals surface area contributed by atoms with E-state index in [1.807, 2.05) is 61.5 Å². The predicted octanol–water partition coefficient (Wildman–Crippen LogP) is 7.46. The number of hydroxylamine groups is 2. The number of thioether (sulfide) groups is 1. The number of nitrogens with one attached hydrogen (secondary N) is 2. The Kier molecular flexibility index (Phi) is 10.4. The highest BCUT2D eigenvalue weighted by atomic mass is 32.2. The van der Waals surface area contributed by atoms with Crippen LogP contribution in [-0.2, 0) is 16.1 Å². The number of fused-ring (bicyclic) bond motifs is 2. The summed E-state index contributed by atoms with van der Waals surface area (Å²) in [5, 5.41) is 20.9. The van der Waals surface area contributed by atoms with Crippen LogP contribution in [0.5, 0.6) is 0 Å². The molecule has 3 aromatic carbocycles. The maximum Gasteiger partial charge on any atom is 0.255 e. The van der Waals surface area contributed by atoms with Crippen LogP contribution in [0.3, 0.4) is 0 Å². The molecule has 0 radical (unpaired) electrons. The highest BCUT2D eigenvalue weighted by molar-refractivity contribution is 8.09. The Morgan fingerprint density at radius 2 is 1.75 bits per heavy atom. The first kappa shape index (κ1) is 37.1. The molecule has 2 saturated heterocycles. The van der Waals surface area contributed by atoms with Gasteiger partial charge < -0.3 is 31.0 Å². The van der Waals surface area contributed by atoms with Crippen LogP contribution in [0, 0.1) is 16.4 Å². The molecule has 11 heteroatoms. The Balaban J connectivity index is 1.03. The van der Waals surface area contributed by atoms with Crippen LogP contribution in [0.15, 0.2) is 102 Å². The number of para-hydroxylation sites is 1. The van der Waals surface area contributed by atoms with Crippen molar-refractivity contribution in [1.82, 2.24) is 14.9 Å². The Hall–Kier alpha value is -4.26. The van der Waals surface area contributed by atoms with Gasteiger partial charge in [0.25, 0.3) is 11.8 Å². The van der Waals surface area contributed by atoms with Crippen molar-refractivity contribution < 1.29 is 18.7 Å². The van der Waals surface area contributed by atoms with Crippen molar-refractivity contribution in [1.29, 1.82) is 0 Å². The van der Waals surface area contributed by atoms with Gasteiger partial charge in [-0.3, -0.25) is 14.5 Å². The van der Waals surface area contributed by atoms with E-state index in [2.05, 4.69) is 22.5 Å². The molecule has 0 aliphatic carbocycles. The van der Waals surface area contributed by atoms with Crippen LogP contribution in [0.2, 0.25) is 0 Å². The van der Waals surface area contributed by atoms with Gasteiger partial charge in [-0.15, -0.1) is 0 Å². The summed E-state index contributed by atoms with van der Waals surface area (Å²) in [6, 6.07) is 21.1. The lowest BCUT2D eigenvalue weighted by molar-refractivity contribution is -0.116. The van der Waals surface area contributed by atoms with Gasteiger partial charge in [-0.1, -0.05) is 54.2 Å². The molecule has 0 bridgehead atoms. The lowest BCUT2D eigenvalue weighted by atomic mass is 9.72. The van der Waals surface area contributed by atoms with Gasteiger partial charge in [-0.05, 0) is 75.6 Å². The fraction of sp³-hybridized carbons (Fsp3) is 0.381. The number of ether oxygens (including phenoxy) is 1. The van der Waals surface area contributed by atoms with Crippen molar-refractivity contribution in [3.05, 3.63) is 130 Å². The van der Waals surface area contributed by atoms with Gasteiger partial charge >= 0.3 is 0 Å². The van der Waals surface area contributed by atoms with E-state index in [0.717, 1.165) is 60.8 Å². The Labute approximate surface area is 315 Å². The first-order chi connectivity index (χ1) is 25.4. The molecule has 4 N–H and O–H groups in total. The van der Waals surface area contributed by atoms with E-state index >= 15 is 0 Å². The lowest BCUT2D eigenvalue weighted by Gasteiger charge is -2.54. The second-order valence-corrected chi connectivity index (χ2v) is 16.8. The summed E-state index contributed by atoms with van der Waals surface area (Å²) >= 11 is 1.53. The zero-order valence-electron chi connectivity index (χ0n) is 30.6. The van der Waals surface area contributed by atoms with E-state index < -0.39 is 21.2 Å². The number of amides is 2. The minimum Gasteiger partial charge on any atom is -0.627 e. The number of anilines is 1. The van der Waals surface area contributed by atoms with E-state index in [1.54, 1.807) is 25.1 Å². The third kappa shape index (κ3) is 7.86. The molecule has 278 valence electrons. The Morgan fingerprint density at radius 1 is 1.06 bits per heavy atom. The zero-order chi connectivity index (χ0) is 37.4. The van der Waals surface area contributed by atoms with Crippen LogP contribution in [-0.4, -0.2) is 60.5 Å². The van der Waals surface area contributed by atoms with Crippen molar-refractivity contribution in [2.24, 2.45) is 11.1 Å². The number of carbonyl (C=O) groups is 2. The predicted molar refractivity (Wildman–Crippen MR) is 211 cm³/mol. The minimum atomic E-state index is -0.679. The molecule has 53 heavy (non-hydrogen) atoms. The highest BCUT2D eigenvalue weighted by Gasteiger charge is 2.46. The standard InChI is InChI=1S/C42H48FN5O4S/c1-28(44)12-17-33(29(2)47-26-42(27-47)19-22-52-23-20-42)39(49)45-32-15-13-30(14-16-32)25-48(51)21-18-31-24-41(3,46-40(50)34-8-4-6-10-36(34)43)53-38(31)35-9-5-7-11-37(35)48/h4-17,29H,18-27,44H2,1-3H3,(H,45,49)(H,46,50)/b28-12-,33-17+. The zero-order valence-corrected chi connectivity index (χ0v) is 31.4.